The first-order chi connectivity index (χ1) is 13.0. The standard InChI is InChI=1S/C21H25N3O3/c1-4-27-19-8-6-5-7-18(19)23-21(26)17-13-16(17)20(25)22-14-9-11-15(12-10-14)24(2)3/h5-12,16-17H,4,13H2,1-3H3,(H,22,25)(H,23,26). The number of rotatable bonds is 7. The second-order valence-corrected chi connectivity index (χ2v) is 6.80. The lowest BCUT2D eigenvalue weighted by Gasteiger charge is -2.13. The summed E-state index contributed by atoms with van der Waals surface area (Å²) in [5.74, 6) is -0.231. The van der Waals surface area contributed by atoms with Gasteiger partial charge in [-0.05, 0) is 49.7 Å². The lowest BCUT2D eigenvalue weighted by molar-refractivity contribution is -0.122. The molecule has 2 N–H and O–H groups in total. The van der Waals surface area contributed by atoms with E-state index in [0.29, 0.717) is 24.5 Å². The van der Waals surface area contributed by atoms with Gasteiger partial charge in [-0.25, -0.2) is 0 Å². The molecule has 2 amide bonds. The van der Waals surface area contributed by atoms with Crippen LogP contribution in [0.4, 0.5) is 17.1 Å². The quantitative estimate of drug-likeness (QED) is 0.787. The summed E-state index contributed by atoms with van der Waals surface area (Å²) in [6.45, 7) is 2.42. The Labute approximate surface area is 159 Å². The van der Waals surface area contributed by atoms with Crippen molar-refractivity contribution in [2.24, 2.45) is 11.8 Å². The van der Waals surface area contributed by atoms with Gasteiger partial charge in [0.15, 0.2) is 0 Å². The van der Waals surface area contributed by atoms with Crippen molar-refractivity contribution in [3.63, 3.8) is 0 Å². The third-order valence-corrected chi connectivity index (χ3v) is 4.56. The Morgan fingerprint density at radius 2 is 1.63 bits per heavy atom. The Bertz CT molecular complexity index is 818. The van der Waals surface area contributed by atoms with Crippen LogP contribution in [0.25, 0.3) is 0 Å². The molecule has 1 aliphatic carbocycles. The summed E-state index contributed by atoms with van der Waals surface area (Å²) in [7, 11) is 3.93. The van der Waals surface area contributed by atoms with E-state index in [4.69, 9.17) is 4.74 Å². The Hall–Kier alpha value is -3.02. The van der Waals surface area contributed by atoms with Crippen molar-refractivity contribution in [1.29, 1.82) is 0 Å². The number of carbonyl (C=O) groups excluding carboxylic acids is 2. The molecule has 2 aromatic rings. The van der Waals surface area contributed by atoms with E-state index in [2.05, 4.69) is 10.6 Å². The minimum absolute atomic E-state index is 0.120. The van der Waals surface area contributed by atoms with Crippen LogP contribution in [0.3, 0.4) is 0 Å². The van der Waals surface area contributed by atoms with Crippen LogP contribution >= 0.6 is 0 Å². The Balaban J connectivity index is 1.55. The van der Waals surface area contributed by atoms with Crippen molar-refractivity contribution in [3.8, 4) is 5.75 Å². The molecule has 0 saturated heterocycles. The number of hydrogen-bond acceptors (Lipinski definition) is 4. The molecule has 0 spiro atoms. The monoisotopic (exact) mass is 367 g/mol. The van der Waals surface area contributed by atoms with E-state index in [-0.39, 0.29) is 23.7 Å². The maximum Gasteiger partial charge on any atom is 0.228 e. The van der Waals surface area contributed by atoms with Gasteiger partial charge in [0.1, 0.15) is 5.75 Å². The summed E-state index contributed by atoms with van der Waals surface area (Å²) in [4.78, 5) is 26.9. The van der Waals surface area contributed by atoms with Crippen molar-refractivity contribution in [1.82, 2.24) is 0 Å². The van der Waals surface area contributed by atoms with Crippen LogP contribution in [0.15, 0.2) is 48.5 Å². The first-order valence-electron chi connectivity index (χ1n) is 9.10. The first kappa shape index (κ1) is 18.8. The van der Waals surface area contributed by atoms with E-state index in [0.717, 1.165) is 11.4 Å². The Morgan fingerprint density at radius 1 is 1.00 bits per heavy atom. The maximum absolute atomic E-state index is 12.5. The predicted molar refractivity (Wildman–Crippen MR) is 107 cm³/mol. The molecule has 6 heteroatoms. The van der Waals surface area contributed by atoms with Crippen LogP contribution in [-0.4, -0.2) is 32.5 Å². The number of hydrogen-bond donors (Lipinski definition) is 2. The second-order valence-electron chi connectivity index (χ2n) is 6.80. The van der Waals surface area contributed by atoms with Gasteiger partial charge in [-0.3, -0.25) is 9.59 Å². The molecule has 142 valence electrons. The van der Waals surface area contributed by atoms with Crippen LogP contribution in [0.1, 0.15) is 13.3 Å². The van der Waals surface area contributed by atoms with E-state index in [1.807, 2.05) is 68.4 Å². The van der Waals surface area contributed by atoms with Crippen LogP contribution in [-0.2, 0) is 9.59 Å². The fraction of sp³-hybridized carbons (Fsp3) is 0.333. The van der Waals surface area contributed by atoms with Gasteiger partial charge in [0.05, 0.1) is 24.1 Å². The van der Waals surface area contributed by atoms with Crippen molar-refractivity contribution in [2.75, 3.05) is 36.2 Å². The van der Waals surface area contributed by atoms with Gasteiger partial charge >= 0.3 is 0 Å². The van der Waals surface area contributed by atoms with E-state index in [9.17, 15) is 9.59 Å². The van der Waals surface area contributed by atoms with Gasteiger partial charge in [-0.2, -0.15) is 0 Å². The normalized spacial score (nSPS) is 17.7. The molecule has 0 radical (unpaired) electrons. The smallest absolute Gasteiger partial charge is 0.228 e. The zero-order valence-corrected chi connectivity index (χ0v) is 15.9. The molecule has 2 atom stereocenters. The predicted octanol–water partition coefficient (Wildman–Crippen LogP) is 3.36. The molecule has 2 unspecified atom stereocenters. The van der Waals surface area contributed by atoms with Gasteiger partial charge in [-0.15, -0.1) is 0 Å². The highest BCUT2D eigenvalue weighted by molar-refractivity contribution is 6.03. The number of carbonyl (C=O) groups is 2. The minimum Gasteiger partial charge on any atom is -0.492 e. The topological polar surface area (TPSA) is 70.7 Å². The van der Waals surface area contributed by atoms with Gasteiger partial charge in [0.25, 0.3) is 0 Å². The largest absolute Gasteiger partial charge is 0.492 e. The van der Waals surface area contributed by atoms with Crippen molar-refractivity contribution < 1.29 is 14.3 Å². The number of amides is 2. The average Bonchev–Trinajstić information content (AvgIpc) is 3.45. The Kier molecular flexibility index (Phi) is 5.64. The molecule has 0 aliphatic heterocycles. The summed E-state index contributed by atoms with van der Waals surface area (Å²) in [6.07, 6.45) is 0.560. The van der Waals surface area contributed by atoms with Gasteiger partial charge in [-0.1, -0.05) is 12.1 Å². The number of para-hydroxylation sites is 2. The lowest BCUT2D eigenvalue weighted by Crippen LogP contribution is -2.21. The highest BCUT2D eigenvalue weighted by atomic mass is 16.5. The molecule has 0 bridgehead atoms. The fourth-order valence-corrected chi connectivity index (χ4v) is 2.93. The summed E-state index contributed by atoms with van der Waals surface area (Å²) < 4.78 is 5.52. The van der Waals surface area contributed by atoms with Crippen LogP contribution < -0.4 is 20.3 Å². The molecule has 6 nitrogen and oxygen atoms in total. The van der Waals surface area contributed by atoms with E-state index in [1.54, 1.807) is 6.07 Å². The molecule has 0 heterocycles. The van der Waals surface area contributed by atoms with Gasteiger partial charge in [0, 0.05) is 25.5 Å². The highest BCUT2D eigenvalue weighted by Crippen LogP contribution is 2.41. The molecule has 1 fully saturated rings. The zero-order chi connectivity index (χ0) is 19.4. The number of anilines is 3. The molecule has 1 saturated carbocycles. The van der Waals surface area contributed by atoms with Gasteiger partial charge < -0.3 is 20.3 Å². The van der Waals surface area contributed by atoms with Crippen LogP contribution in [0.2, 0.25) is 0 Å². The fourth-order valence-electron chi connectivity index (χ4n) is 2.93. The average molecular weight is 367 g/mol. The molecule has 2 aromatic carbocycles. The molecular formula is C21H25N3O3. The first-order valence-corrected chi connectivity index (χ1v) is 9.10. The van der Waals surface area contributed by atoms with E-state index < -0.39 is 0 Å². The van der Waals surface area contributed by atoms with Crippen molar-refractivity contribution in [2.45, 2.75) is 13.3 Å². The third-order valence-electron chi connectivity index (χ3n) is 4.56. The number of benzene rings is 2. The molecule has 1 aliphatic rings. The Morgan fingerprint density at radius 3 is 2.26 bits per heavy atom. The third kappa shape index (κ3) is 4.58. The van der Waals surface area contributed by atoms with Gasteiger partial charge in [0.2, 0.25) is 11.8 Å². The summed E-state index contributed by atoms with van der Waals surface area (Å²) in [5.41, 5.74) is 2.43. The van der Waals surface area contributed by atoms with Crippen molar-refractivity contribution >= 4 is 28.9 Å². The molecule has 0 aromatic heterocycles. The summed E-state index contributed by atoms with van der Waals surface area (Å²) >= 11 is 0. The van der Waals surface area contributed by atoms with E-state index in [1.165, 1.54) is 0 Å². The highest BCUT2D eigenvalue weighted by Gasteiger charge is 2.48. The lowest BCUT2D eigenvalue weighted by atomic mass is 10.2. The number of nitrogens with zero attached hydrogens (tertiary/aromatic N) is 1. The zero-order valence-electron chi connectivity index (χ0n) is 15.9. The maximum atomic E-state index is 12.5. The van der Waals surface area contributed by atoms with E-state index >= 15 is 0 Å². The molecular weight excluding hydrogens is 342 g/mol. The second kappa shape index (κ2) is 8.12. The number of ether oxygens (including phenoxy) is 1. The molecule has 27 heavy (non-hydrogen) atoms. The SMILES string of the molecule is CCOc1ccccc1NC(=O)C1CC1C(=O)Nc1ccc(N(C)C)cc1. The summed E-state index contributed by atoms with van der Waals surface area (Å²) in [6, 6.07) is 14.9. The minimum atomic E-state index is -0.305. The summed E-state index contributed by atoms with van der Waals surface area (Å²) in [5, 5.41) is 5.76. The van der Waals surface area contributed by atoms with Crippen LogP contribution in [0, 0.1) is 11.8 Å². The number of nitrogens with one attached hydrogen (secondary N) is 2. The van der Waals surface area contributed by atoms with Crippen LogP contribution in [0.5, 0.6) is 5.75 Å². The van der Waals surface area contributed by atoms with Crippen molar-refractivity contribution in [3.05, 3.63) is 48.5 Å². The molecule has 3 rings (SSSR count).